The van der Waals surface area contributed by atoms with Crippen LogP contribution < -0.4 is 21.6 Å². The van der Waals surface area contributed by atoms with Crippen LogP contribution in [-0.4, -0.2) is 40.6 Å². The molecule has 1 fully saturated rings. The molecule has 0 aromatic carbocycles. The Kier molecular flexibility index (Phi) is 4.90. The molecule has 7 nitrogen and oxygen atoms in total. The second-order valence-electron chi connectivity index (χ2n) is 8.20. The summed E-state index contributed by atoms with van der Waals surface area (Å²) in [6, 6.07) is 2.19. The summed E-state index contributed by atoms with van der Waals surface area (Å²) in [5.41, 5.74) is 9.54. The molecule has 0 spiro atoms. The van der Waals surface area contributed by atoms with E-state index >= 15 is 0 Å². The highest BCUT2D eigenvalue weighted by atomic mass is 16.5. The molecule has 3 N–H and O–H groups in total. The Hall–Kier alpha value is -2.93. The largest absolute Gasteiger partial charge is 0.381 e. The number of primary amides is 1. The Balaban J connectivity index is 1.66. The minimum absolute atomic E-state index is 0.160. The molecule has 30 heavy (non-hydrogen) atoms. The fourth-order valence-electron chi connectivity index (χ4n) is 4.85. The fourth-order valence-corrected chi connectivity index (χ4v) is 4.85. The van der Waals surface area contributed by atoms with E-state index in [2.05, 4.69) is 22.5 Å². The third-order valence-corrected chi connectivity index (χ3v) is 6.24. The van der Waals surface area contributed by atoms with Crippen molar-refractivity contribution in [2.45, 2.75) is 51.0 Å². The molecule has 1 saturated heterocycles. The second-order valence-corrected chi connectivity index (χ2v) is 8.20. The number of hydrogen-bond donors (Lipinski definition) is 2. The number of carbonyl (C=O) groups is 2. The molecule has 5 rings (SSSR count). The van der Waals surface area contributed by atoms with E-state index in [1.807, 2.05) is 10.6 Å². The summed E-state index contributed by atoms with van der Waals surface area (Å²) < 4.78 is 7.34. The van der Waals surface area contributed by atoms with Crippen molar-refractivity contribution in [1.29, 1.82) is 0 Å². The van der Waals surface area contributed by atoms with E-state index in [-0.39, 0.29) is 17.6 Å². The van der Waals surface area contributed by atoms with Gasteiger partial charge in [0.15, 0.2) is 5.69 Å². The molecule has 1 aliphatic carbocycles. The van der Waals surface area contributed by atoms with Crippen LogP contribution in [0.25, 0.3) is 23.3 Å². The molecule has 0 bridgehead atoms. The maximum Gasteiger partial charge on any atom is 0.269 e. The summed E-state index contributed by atoms with van der Waals surface area (Å²) in [5, 5.41) is 5.58. The van der Waals surface area contributed by atoms with E-state index in [1.165, 1.54) is 0 Å². The fraction of sp³-hybridized carbons (Fsp3) is 0.435. The van der Waals surface area contributed by atoms with Crippen LogP contribution in [0.4, 0.5) is 5.69 Å². The number of carbonyl (C=O) groups excluding carboxylic acids is 2. The SMILES string of the molecule is NC(=O)c1ncc(-c2c3n(c4c2=CCCC=4)C(=O)CCC3)cc1NC1CCOCC1. The zero-order chi connectivity index (χ0) is 20.7. The normalized spacial score (nSPS) is 18.7. The number of pyridine rings is 1. The molecule has 2 aromatic rings. The van der Waals surface area contributed by atoms with Gasteiger partial charge in [0.25, 0.3) is 5.91 Å². The minimum atomic E-state index is -0.549. The molecule has 0 saturated carbocycles. The number of ether oxygens (including phenoxy) is 1. The quantitative estimate of drug-likeness (QED) is 0.803. The summed E-state index contributed by atoms with van der Waals surface area (Å²) >= 11 is 0. The average molecular weight is 406 g/mol. The number of nitrogens with one attached hydrogen (secondary N) is 1. The van der Waals surface area contributed by atoms with Crippen molar-refractivity contribution in [3.05, 3.63) is 34.2 Å². The van der Waals surface area contributed by atoms with Gasteiger partial charge in [-0.05, 0) is 44.6 Å². The van der Waals surface area contributed by atoms with Crippen LogP contribution in [0.1, 0.15) is 59.5 Å². The third kappa shape index (κ3) is 3.23. The van der Waals surface area contributed by atoms with Crippen LogP contribution in [0, 0.1) is 0 Å². The number of rotatable bonds is 4. The molecule has 7 heteroatoms. The van der Waals surface area contributed by atoms with Crippen molar-refractivity contribution in [2.75, 3.05) is 18.5 Å². The van der Waals surface area contributed by atoms with Gasteiger partial charge in [0, 0.05) is 53.9 Å². The highest BCUT2D eigenvalue weighted by Gasteiger charge is 2.26. The summed E-state index contributed by atoms with van der Waals surface area (Å²) in [6.07, 6.45) is 12.0. The summed E-state index contributed by atoms with van der Waals surface area (Å²) in [5.74, 6) is -0.389. The Labute approximate surface area is 174 Å². The maximum atomic E-state index is 12.7. The van der Waals surface area contributed by atoms with E-state index in [0.717, 1.165) is 65.9 Å². The third-order valence-electron chi connectivity index (χ3n) is 6.24. The number of fused-ring (bicyclic) bond motifs is 3. The maximum absolute atomic E-state index is 12.7. The molecule has 1 amide bonds. The topological polar surface area (TPSA) is 99.2 Å². The molecule has 2 aromatic heterocycles. The molecule has 156 valence electrons. The van der Waals surface area contributed by atoms with Crippen LogP contribution in [0.2, 0.25) is 0 Å². The first-order valence-electron chi connectivity index (χ1n) is 10.7. The predicted molar refractivity (Wildman–Crippen MR) is 115 cm³/mol. The van der Waals surface area contributed by atoms with Gasteiger partial charge in [-0.25, -0.2) is 4.98 Å². The number of hydrogen-bond acceptors (Lipinski definition) is 5. The van der Waals surface area contributed by atoms with Crippen LogP contribution in [-0.2, 0) is 11.2 Å². The van der Waals surface area contributed by atoms with Crippen LogP contribution in [0.15, 0.2) is 12.3 Å². The first-order valence-corrected chi connectivity index (χ1v) is 10.7. The van der Waals surface area contributed by atoms with Gasteiger partial charge >= 0.3 is 0 Å². The molecule has 0 atom stereocenters. The predicted octanol–water partition coefficient (Wildman–Crippen LogP) is 1.57. The lowest BCUT2D eigenvalue weighted by Gasteiger charge is -2.25. The van der Waals surface area contributed by atoms with Crippen LogP contribution >= 0.6 is 0 Å². The van der Waals surface area contributed by atoms with Crippen molar-refractivity contribution in [1.82, 2.24) is 9.55 Å². The van der Waals surface area contributed by atoms with Gasteiger partial charge < -0.3 is 15.8 Å². The van der Waals surface area contributed by atoms with Gasteiger partial charge in [0.05, 0.1) is 11.0 Å². The molecular formula is C23H26N4O3. The van der Waals surface area contributed by atoms with E-state index < -0.39 is 5.91 Å². The van der Waals surface area contributed by atoms with Crippen molar-refractivity contribution in [3.63, 3.8) is 0 Å². The Morgan fingerprint density at radius 3 is 2.80 bits per heavy atom. The smallest absolute Gasteiger partial charge is 0.269 e. The van der Waals surface area contributed by atoms with Gasteiger partial charge in [-0.3, -0.25) is 14.2 Å². The van der Waals surface area contributed by atoms with E-state index in [1.54, 1.807) is 6.20 Å². The van der Waals surface area contributed by atoms with Gasteiger partial charge in [-0.1, -0.05) is 12.2 Å². The van der Waals surface area contributed by atoms with Crippen molar-refractivity contribution in [3.8, 4) is 11.1 Å². The zero-order valence-corrected chi connectivity index (χ0v) is 16.9. The number of aromatic nitrogens is 2. The molecular weight excluding hydrogens is 380 g/mol. The summed E-state index contributed by atoms with van der Waals surface area (Å²) in [7, 11) is 0. The van der Waals surface area contributed by atoms with Gasteiger partial charge in [0.1, 0.15) is 0 Å². The lowest BCUT2D eigenvalue weighted by molar-refractivity contribution is 0.0879. The first-order chi connectivity index (χ1) is 14.6. The lowest BCUT2D eigenvalue weighted by Crippen LogP contribution is -2.36. The highest BCUT2D eigenvalue weighted by Crippen LogP contribution is 2.29. The monoisotopic (exact) mass is 406 g/mol. The first kappa shape index (κ1) is 19.1. The Bertz CT molecular complexity index is 1140. The highest BCUT2D eigenvalue weighted by molar-refractivity contribution is 5.97. The molecule has 0 unspecified atom stereocenters. The van der Waals surface area contributed by atoms with Crippen LogP contribution in [0.5, 0.6) is 0 Å². The molecule has 2 aliphatic heterocycles. The molecule has 4 heterocycles. The molecule has 0 radical (unpaired) electrons. The van der Waals surface area contributed by atoms with Crippen molar-refractivity contribution < 1.29 is 14.3 Å². The Morgan fingerprint density at radius 1 is 1.20 bits per heavy atom. The number of nitrogens with zero attached hydrogens (tertiary/aromatic N) is 2. The van der Waals surface area contributed by atoms with E-state index in [9.17, 15) is 9.59 Å². The average Bonchev–Trinajstić information content (AvgIpc) is 3.10. The van der Waals surface area contributed by atoms with Crippen molar-refractivity contribution in [2.24, 2.45) is 5.73 Å². The number of amides is 1. The lowest BCUT2D eigenvalue weighted by atomic mass is 9.98. The summed E-state index contributed by atoms with van der Waals surface area (Å²) in [4.78, 5) is 29.1. The molecule has 3 aliphatic rings. The van der Waals surface area contributed by atoms with E-state index in [0.29, 0.717) is 25.3 Å². The number of nitrogens with two attached hydrogens (primary N) is 1. The minimum Gasteiger partial charge on any atom is -0.381 e. The van der Waals surface area contributed by atoms with Gasteiger partial charge in [-0.2, -0.15) is 0 Å². The number of anilines is 1. The zero-order valence-electron chi connectivity index (χ0n) is 16.9. The van der Waals surface area contributed by atoms with E-state index in [4.69, 9.17) is 10.5 Å². The van der Waals surface area contributed by atoms with Crippen molar-refractivity contribution >= 4 is 29.7 Å². The summed E-state index contributed by atoms with van der Waals surface area (Å²) in [6.45, 7) is 1.40. The second kappa shape index (κ2) is 7.72. The van der Waals surface area contributed by atoms with Gasteiger partial charge in [0.2, 0.25) is 5.91 Å². The standard InChI is InChI=1S/C23H26N4O3/c24-23(29)22-17(26-15-8-10-30-11-9-15)12-14(13-25-22)21-16-4-1-2-5-18(16)27-19(21)6-3-7-20(27)28/h4-5,12-13,15,26H,1-3,6-11H2,(H2,24,29). The Morgan fingerprint density at radius 2 is 2.00 bits per heavy atom. The van der Waals surface area contributed by atoms with Gasteiger partial charge in [-0.15, -0.1) is 0 Å². The van der Waals surface area contributed by atoms with Crippen LogP contribution in [0.3, 0.4) is 0 Å².